The van der Waals surface area contributed by atoms with Gasteiger partial charge in [-0.3, -0.25) is 4.79 Å². The number of hydrogen-bond donors (Lipinski definition) is 1. The molecule has 4 aliphatic carbocycles. The van der Waals surface area contributed by atoms with E-state index >= 15 is 0 Å². The fourth-order valence-corrected chi connectivity index (χ4v) is 5.60. The SMILES string of the molecule is O=c1cc(CO)occ1OCCC12CC3CC(CC(C3)C1)C2. The average molecular weight is 304 g/mol. The first kappa shape index (κ1) is 14.3. The van der Waals surface area contributed by atoms with Gasteiger partial charge in [-0.05, 0) is 68.1 Å². The van der Waals surface area contributed by atoms with Crippen molar-refractivity contribution in [1.29, 1.82) is 0 Å². The van der Waals surface area contributed by atoms with Gasteiger partial charge in [0.1, 0.15) is 18.6 Å². The highest BCUT2D eigenvalue weighted by molar-refractivity contribution is 5.17. The van der Waals surface area contributed by atoms with Crippen LogP contribution in [0.2, 0.25) is 0 Å². The van der Waals surface area contributed by atoms with Gasteiger partial charge in [-0.1, -0.05) is 0 Å². The molecule has 1 aromatic heterocycles. The zero-order chi connectivity index (χ0) is 15.2. The maximum Gasteiger partial charge on any atom is 0.227 e. The Labute approximate surface area is 130 Å². The molecule has 0 amide bonds. The fraction of sp³-hybridized carbons (Fsp3) is 0.722. The van der Waals surface area contributed by atoms with Crippen molar-refractivity contribution >= 4 is 0 Å². The Morgan fingerprint density at radius 2 is 1.82 bits per heavy atom. The fourth-order valence-electron chi connectivity index (χ4n) is 5.60. The molecule has 0 radical (unpaired) electrons. The second-order valence-corrected chi connectivity index (χ2v) is 7.75. The van der Waals surface area contributed by atoms with Gasteiger partial charge in [0, 0.05) is 6.07 Å². The number of aliphatic hydroxyl groups excluding tert-OH is 1. The van der Waals surface area contributed by atoms with Crippen molar-refractivity contribution in [3.05, 3.63) is 28.3 Å². The van der Waals surface area contributed by atoms with Crippen LogP contribution in [0.5, 0.6) is 5.75 Å². The number of hydrogen-bond acceptors (Lipinski definition) is 4. The van der Waals surface area contributed by atoms with Gasteiger partial charge in [-0.25, -0.2) is 0 Å². The first-order valence-corrected chi connectivity index (χ1v) is 8.51. The third-order valence-electron chi connectivity index (χ3n) is 6.06. The van der Waals surface area contributed by atoms with Gasteiger partial charge in [0.05, 0.1) is 6.61 Å². The van der Waals surface area contributed by atoms with Crippen LogP contribution in [-0.4, -0.2) is 11.7 Å². The normalized spacial score (nSPS) is 35.8. The van der Waals surface area contributed by atoms with Gasteiger partial charge in [0.25, 0.3) is 0 Å². The van der Waals surface area contributed by atoms with Gasteiger partial charge in [-0.2, -0.15) is 0 Å². The molecule has 1 aromatic rings. The highest BCUT2D eigenvalue weighted by Gasteiger charge is 2.50. The molecule has 4 nitrogen and oxygen atoms in total. The van der Waals surface area contributed by atoms with E-state index in [0.29, 0.717) is 12.0 Å². The van der Waals surface area contributed by atoms with Crippen molar-refractivity contribution < 1.29 is 14.3 Å². The smallest absolute Gasteiger partial charge is 0.227 e. The standard InChI is InChI=1S/C18H24O4/c19-10-15-6-16(20)17(11-22-15)21-2-1-18-7-12-3-13(8-18)5-14(4-12)9-18/h6,11-14,19H,1-5,7-10H2. The van der Waals surface area contributed by atoms with E-state index in [1.54, 1.807) is 0 Å². The van der Waals surface area contributed by atoms with E-state index in [4.69, 9.17) is 14.3 Å². The minimum atomic E-state index is -0.261. The van der Waals surface area contributed by atoms with E-state index in [0.717, 1.165) is 24.2 Å². The summed E-state index contributed by atoms with van der Waals surface area (Å²) < 4.78 is 10.8. The van der Waals surface area contributed by atoms with Crippen LogP contribution in [0, 0.1) is 23.2 Å². The van der Waals surface area contributed by atoms with Gasteiger partial charge in [0.2, 0.25) is 11.2 Å². The molecule has 4 saturated carbocycles. The van der Waals surface area contributed by atoms with Crippen LogP contribution in [0.4, 0.5) is 0 Å². The Kier molecular flexibility index (Phi) is 3.52. The highest BCUT2D eigenvalue weighted by Crippen LogP contribution is 2.61. The van der Waals surface area contributed by atoms with E-state index in [-0.39, 0.29) is 23.5 Å². The van der Waals surface area contributed by atoms with Crippen LogP contribution in [0.15, 0.2) is 21.5 Å². The topological polar surface area (TPSA) is 59.7 Å². The summed E-state index contributed by atoms with van der Waals surface area (Å²) in [6, 6.07) is 1.31. The Bertz CT molecular complexity index is 568. The van der Waals surface area contributed by atoms with Crippen LogP contribution < -0.4 is 10.2 Å². The summed E-state index contributed by atoms with van der Waals surface area (Å²) in [6.45, 7) is 0.332. The predicted molar refractivity (Wildman–Crippen MR) is 81.6 cm³/mol. The second kappa shape index (κ2) is 5.41. The first-order valence-electron chi connectivity index (χ1n) is 8.51. The van der Waals surface area contributed by atoms with Gasteiger partial charge in [0.15, 0.2) is 0 Å². The van der Waals surface area contributed by atoms with E-state index in [9.17, 15) is 4.79 Å². The van der Waals surface area contributed by atoms with Crippen LogP contribution in [0.3, 0.4) is 0 Å². The number of ether oxygens (including phenoxy) is 1. The van der Waals surface area contributed by atoms with Crippen LogP contribution in [0.25, 0.3) is 0 Å². The summed E-state index contributed by atoms with van der Waals surface area (Å²) in [7, 11) is 0. The van der Waals surface area contributed by atoms with Crippen LogP contribution in [0.1, 0.15) is 50.7 Å². The largest absolute Gasteiger partial charge is 0.487 e. The molecule has 1 N–H and O–H groups in total. The highest BCUT2D eigenvalue weighted by atomic mass is 16.5. The molecule has 0 aliphatic heterocycles. The van der Waals surface area contributed by atoms with Gasteiger partial charge < -0.3 is 14.3 Å². The minimum Gasteiger partial charge on any atom is -0.487 e. The molecule has 0 atom stereocenters. The summed E-state index contributed by atoms with van der Waals surface area (Å²) in [5.41, 5.74) is 0.265. The first-order chi connectivity index (χ1) is 10.7. The molecule has 4 heteroatoms. The van der Waals surface area contributed by atoms with Gasteiger partial charge in [-0.15, -0.1) is 0 Å². The summed E-state index contributed by atoms with van der Waals surface area (Å²) >= 11 is 0. The zero-order valence-corrected chi connectivity index (χ0v) is 12.9. The minimum absolute atomic E-state index is 0.208. The molecule has 4 bridgehead atoms. The van der Waals surface area contributed by atoms with Crippen molar-refractivity contribution in [2.45, 2.75) is 51.6 Å². The molecule has 120 valence electrons. The third kappa shape index (κ3) is 2.58. The molecular formula is C18H24O4. The number of aliphatic hydroxyl groups is 1. The third-order valence-corrected chi connectivity index (χ3v) is 6.06. The van der Waals surface area contributed by atoms with Crippen molar-refractivity contribution in [2.75, 3.05) is 6.61 Å². The summed E-state index contributed by atoms with van der Waals surface area (Å²) in [5, 5.41) is 8.95. The molecule has 0 spiro atoms. The Balaban J connectivity index is 1.38. The Hall–Kier alpha value is -1.29. The van der Waals surface area contributed by atoms with Crippen LogP contribution >= 0.6 is 0 Å². The van der Waals surface area contributed by atoms with Crippen molar-refractivity contribution in [3.8, 4) is 5.75 Å². The summed E-state index contributed by atoms with van der Waals surface area (Å²) in [6.07, 6.45) is 10.8. The molecule has 1 heterocycles. The number of rotatable bonds is 5. The molecule has 5 rings (SSSR count). The lowest BCUT2D eigenvalue weighted by atomic mass is 9.49. The van der Waals surface area contributed by atoms with Crippen LogP contribution in [-0.2, 0) is 6.61 Å². The molecule has 0 saturated heterocycles. The summed E-state index contributed by atoms with van der Waals surface area (Å²) in [4.78, 5) is 11.9. The lowest BCUT2D eigenvalue weighted by Gasteiger charge is -2.57. The van der Waals surface area contributed by atoms with Crippen molar-refractivity contribution in [2.24, 2.45) is 23.2 Å². The molecule has 4 aliphatic rings. The maximum absolute atomic E-state index is 11.9. The molecule has 0 aromatic carbocycles. The van der Waals surface area contributed by atoms with E-state index < -0.39 is 0 Å². The Morgan fingerprint density at radius 1 is 1.18 bits per heavy atom. The molecule has 4 fully saturated rings. The van der Waals surface area contributed by atoms with Gasteiger partial charge >= 0.3 is 0 Å². The quantitative estimate of drug-likeness (QED) is 0.908. The lowest BCUT2D eigenvalue weighted by molar-refractivity contribution is -0.0623. The monoisotopic (exact) mass is 304 g/mol. The van der Waals surface area contributed by atoms with E-state index in [1.165, 1.54) is 50.9 Å². The lowest BCUT2D eigenvalue weighted by Crippen LogP contribution is -2.46. The van der Waals surface area contributed by atoms with E-state index in [1.807, 2.05) is 0 Å². The molecular weight excluding hydrogens is 280 g/mol. The maximum atomic E-state index is 11.9. The molecule has 22 heavy (non-hydrogen) atoms. The van der Waals surface area contributed by atoms with Crippen molar-refractivity contribution in [1.82, 2.24) is 0 Å². The predicted octanol–water partition coefficient (Wildman–Crippen LogP) is 3.12. The Morgan fingerprint density at radius 3 is 2.36 bits per heavy atom. The van der Waals surface area contributed by atoms with E-state index in [2.05, 4.69) is 0 Å². The molecule has 0 unspecified atom stereocenters. The second-order valence-electron chi connectivity index (χ2n) is 7.75. The van der Waals surface area contributed by atoms with Crippen molar-refractivity contribution in [3.63, 3.8) is 0 Å². The average Bonchev–Trinajstić information content (AvgIpc) is 2.47. The zero-order valence-electron chi connectivity index (χ0n) is 12.9. The summed E-state index contributed by atoms with van der Waals surface area (Å²) in [5.74, 6) is 3.38.